The number of nitrogens with two attached hydrogens (primary N) is 1. The summed E-state index contributed by atoms with van der Waals surface area (Å²) in [7, 11) is 0. The molecule has 0 spiro atoms. The van der Waals surface area contributed by atoms with Crippen LogP contribution in [0.5, 0.6) is 0 Å². The molecule has 0 saturated heterocycles. The fraction of sp³-hybridized carbons (Fsp3) is 0.133. The third-order valence-corrected chi connectivity index (χ3v) is 2.76. The van der Waals surface area contributed by atoms with Gasteiger partial charge in [-0.15, -0.1) is 0 Å². The van der Waals surface area contributed by atoms with Crippen molar-refractivity contribution in [1.29, 1.82) is 0 Å². The van der Waals surface area contributed by atoms with Crippen LogP contribution in [0, 0.1) is 5.82 Å². The summed E-state index contributed by atoms with van der Waals surface area (Å²) >= 11 is 0. The highest BCUT2D eigenvalue weighted by atomic mass is 19.1. The molecule has 3 N–H and O–H groups in total. The first-order valence-corrected chi connectivity index (χ1v) is 6.59. The maximum atomic E-state index is 13.0. The second-order valence-electron chi connectivity index (χ2n) is 4.56. The van der Waals surface area contributed by atoms with Crippen LogP contribution in [0.1, 0.15) is 12.0 Å². The molecular weight excluding hydrogens is 287 g/mol. The summed E-state index contributed by atoms with van der Waals surface area (Å²) in [6, 6.07) is 7.51. The molecule has 0 saturated carbocycles. The lowest BCUT2D eigenvalue weighted by atomic mass is 10.2. The lowest BCUT2D eigenvalue weighted by Crippen LogP contribution is -2.14. The molecule has 2 rings (SSSR count). The number of amides is 2. The number of primary amides is 1. The number of aryl methyl sites for hydroxylation is 1. The van der Waals surface area contributed by atoms with Gasteiger partial charge in [-0.05, 0) is 23.8 Å². The Morgan fingerprint density at radius 3 is 2.91 bits per heavy atom. The molecule has 0 fully saturated rings. The fourth-order valence-corrected chi connectivity index (χ4v) is 1.73. The summed E-state index contributed by atoms with van der Waals surface area (Å²) in [5, 5.41) is 6.64. The first-order chi connectivity index (χ1) is 10.5. The maximum Gasteiger partial charge on any atom is 0.249 e. The lowest BCUT2D eigenvalue weighted by Gasteiger charge is -1.99. The van der Waals surface area contributed by atoms with Crippen molar-refractivity contribution in [2.75, 3.05) is 5.32 Å². The average molecular weight is 302 g/mol. The molecule has 0 atom stereocenters. The molecule has 1 aromatic heterocycles. The van der Waals surface area contributed by atoms with Crippen LogP contribution in [-0.2, 0) is 16.1 Å². The van der Waals surface area contributed by atoms with Gasteiger partial charge in [0.1, 0.15) is 5.82 Å². The van der Waals surface area contributed by atoms with E-state index in [0.717, 1.165) is 0 Å². The van der Waals surface area contributed by atoms with Crippen LogP contribution in [0.2, 0.25) is 0 Å². The maximum absolute atomic E-state index is 13.0. The fourth-order valence-electron chi connectivity index (χ4n) is 1.73. The molecule has 22 heavy (non-hydrogen) atoms. The van der Waals surface area contributed by atoms with Gasteiger partial charge in [-0.1, -0.05) is 12.1 Å². The minimum atomic E-state index is -0.417. The van der Waals surface area contributed by atoms with E-state index in [-0.39, 0.29) is 18.1 Å². The highest BCUT2D eigenvalue weighted by Gasteiger charge is 2.03. The van der Waals surface area contributed by atoms with Gasteiger partial charge in [-0.2, -0.15) is 5.10 Å². The molecule has 1 heterocycles. The number of rotatable bonds is 6. The Kier molecular flexibility index (Phi) is 5.02. The van der Waals surface area contributed by atoms with Gasteiger partial charge in [0, 0.05) is 31.3 Å². The number of anilines is 1. The first-order valence-electron chi connectivity index (χ1n) is 6.59. The van der Waals surface area contributed by atoms with E-state index in [1.165, 1.54) is 29.0 Å². The van der Waals surface area contributed by atoms with Crippen molar-refractivity contribution in [3.63, 3.8) is 0 Å². The van der Waals surface area contributed by atoms with E-state index in [2.05, 4.69) is 10.4 Å². The Morgan fingerprint density at radius 1 is 1.36 bits per heavy atom. The molecule has 114 valence electrons. The van der Waals surface area contributed by atoms with Crippen molar-refractivity contribution < 1.29 is 14.0 Å². The van der Waals surface area contributed by atoms with Gasteiger partial charge in [0.15, 0.2) is 5.82 Å². The quantitative estimate of drug-likeness (QED) is 0.793. The van der Waals surface area contributed by atoms with Gasteiger partial charge in [0.25, 0.3) is 0 Å². The van der Waals surface area contributed by atoms with Crippen molar-refractivity contribution in [2.24, 2.45) is 5.73 Å². The Balaban J connectivity index is 1.90. The van der Waals surface area contributed by atoms with Gasteiger partial charge < -0.3 is 11.1 Å². The zero-order valence-corrected chi connectivity index (χ0v) is 11.7. The SMILES string of the molecule is NC(=O)CCn1ccc(NC(=O)/C=C\c2cccc(F)c2)n1. The van der Waals surface area contributed by atoms with Crippen LogP contribution in [0.15, 0.2) is 42.6 Å². The molecule has 2 aromatic rings. The van der Waals surface area contributed by atoms with E-state index in [9.17, 15) is 14.0 Å². The van der Waals surface area contributed by atoms with Crippen LogP contribution in [0.25, 0.3) is 6.08 Å². The molecule has 2 amide bonds. The molecule has 0 unspecified atom stereocenters. The topological polar surface area (TPSA) is 90.0 Å². The minimum absolute atomic E-state index is 0.175. The van der Waals surface area contributed by atoms with Gasteiger partial charge >= 0.3 is 0 Å². The van der Waals surface area contributed by atoms with Crippen LogP contribution in [-0.4, -0.2) is 21.6 Å². The lowest BCUT2D eigenvalue weighted by molar-refractivity contribution is -0.118. The van der Waals surface area contributed by atoms with Crippen molar-refractivity contribution in [3.05, 3.63) is 54.0 Å². The van der Waals surface area contributed by atoms with E-state index in [0.29, 0.717) is 17.9 Å². The van der Waals surface area contributed by atoms with Crippen molar-refractivity contribution in [1.82, 2.24) is 9.78 Å². The van der Waals surface area contributed by atoms with Crippen LogP contribution in [0.3, 0.4) is 0 Å². The molecule has 0 aliphatic rings. The molecular formula is C15H15FN4O2. The summed E-state index contributed by atoms with van der Waals surface area (Å²) in [4.78, 5) is 22.4. The van der Waals surface area contributed by atoms with Gasteiger partial charge in [0.05, 0.1) is 0 Å². The summed E-state index contributed by atoms with van der Waals surface area (Å²) in [6.45, 7) is 0.352. The predicted octanol–water partition coefficient (Wildman–Crippen LogP) is 1.55. The van der Waals surface area contributed by atoms with E-state index in [4.69, 9.17) is 5.73 Å². The molecule has 1 aromatic carbocycles. The summed E-state index contributed by atoms with van der Waals surface area (Å²) in [5.74, 6) is -0.808. The van der Waals surface area contributed by atoms with Crippen LogP contribution in [0.4, 0.5) is 10.2 Å². The Morgan fingerprint density at radius 2 is 2.18 bits per heavy atom. The zero-order valence-electron chi connectivity index (χ0n) is 11.7. The Labute approximate surface area is 126 Å². The van der Waals surface area contributed by atoms with Crippen molar-refractivity contribution in [2.45, 2.75) is 13.0 Å². The molecule has 7 heteroatoms. The second-order valence-corrected chi connectivity index (χ2v) is 4.56. The molecule has 6 nitrogen and oxygen atoms in total. The van der Waals surface area contributed by atoms with E-state index >= 15 is 0 Å². The molecule has 0 aliphatic heterocycles. The van der Waals surface area contributed by atoms with E-state index < -0.39 is 5.91 Å². The molecule has 0 radical (unpaired) electrons. The Bertz CT molecular complexity index is 709. The highest BCUT2D eigenvalue weighted by molar-refractivity contribution is 6.01. The normalized spacial score (nSPS) is 10.8. The third kappa shape index (κ3) is 4.86. The number of halogens is 1. The van der Waals surface area contributed by atoms with Crippen molar-refractivity contribution in [3.8, 4) is 0 Å². The van der Waals surface area contributed by atoms with Crippen molar-refractivity contribution >= 4 is 23.7 Å². The van der Waals surface area contributed by atoms with Crippen LogP contribution >= 0.6 is 0 Å². The Hall–Kier alpha value is -2.96. The monoisotopic (exact) mass is 302 g/mol. The summed E-state index contributed by atoms with van der Waals surface area (Å²) in [5.41, 5.74) is 5.63. The minimum Gasteiger partial charge on any atom is -0.370 e. The first kappa shape index (κ1) is 15.4. The van der Waals surface area contributed by atoms with Gasteiger partial charge in [-0.3, -0.25) is 14.3 Å². The summed E-state index contributed by atoms with van der Waals surface area (Å²) < 4.78 is 14.5. The highest BCUT2D eigenvalue weighted by Crippen LogP contribution is 2.07. The number of carbonyl (C=O) groups is 2. The van der Waals surface area contributed by atoms with Gasteiger partial charge in [-0.25, -0.2) is 4.39 Å². The number of benzene rings is 1. The number of nitrogens with one attached hydrogen (secondary N) is 1. The van der Waals surface area contributed by atoms with E-state index in [1.807, 2.05) is 0 Å². The number of hydrogen-bond acceptors (Lipinski definition) is 3. The number of aromatic nitrogens is 2. The zero-order chi connectivity index (χ0) is 15.9. The largest absolute Gasteiger partial charge is 0.370 e. The predicted molar refractivity (Wildman–Crippen MR) is 80.1 cm³/mol. The number of carbonyl (C=O) groups excluding carboxylic acids is 2. The van der Waals surface area contributed by atoms with E-state index in [1.54, 1.807) is 24.4 Å². The number of hydrogen-bond donors (Lipinski definition) is 2. The second kappa shape index (κ2) is 7.16. The molecule has 0 bridgehead atoms. The smallest absolute Gasteiger partial charge is 0.249 e. The third-order valence-electron chi connectivity index (χ3n) is 2.76. The number of nitrogens with zero attached hydrogens (tertiary/aromatic N) is 2. The summed E-state index contributed by atoms with van der Waals surface area (Å²) in [6.07, 6.45) is 4.60. The van der Waals surface area contributed by atoms with Crippen LogP contribution < -0.4 is 11.1 Å². The van der Waals surface area contributed by atoms with Gasteiger partial charge in [0.2, 0.25) is 11.8 Å². The average Bonchev–Trinajstić information content (AvgIpc) is 2.90. The molecule has 0 aliphatic carbocycles. The standard InChI is InChI=1S/C15H15FN4O2/c16-12-3-1-2-11(10-12)4-5-15(22)18-14-7-9-20(19-14)8-6-13(17)21/h1-5,7,9-10H,6,8H2,(H2,17,21)(H,18,19,22)/b5-4-.